The molecule has 0 spiro atoms. The van der Waals surface area contributed by atoms with Gasteiger partial charge in [0.25, 0.3) is 0 Å². The molecule has 0 saturated carbocycles. The third-order valence-electron chi connectivity index (χ3n) is 3.30. The molecule has 1 aromatic carbocycles. The zero-order valence-corrected chi connectivity index (χ0v) is 14.3. The Labute approximate surface area is 138 Å². The molecule has 0 amide bonds. The first-order valence-electron chi connectivity index (χ1n) is 6.95. The van der Waals surface area contributed by atoms with Crippen LogP contribution in [0.2, 0.25) is 0 Å². The van der Waals surface area contributed by atoms with Crippen LogP contribution >= 0.6 is 11.3 Å². The summed E-state index contributed by atoms with van der Waals surface area (Å²) in [5.41, 5.74) is 0.848. The zero-order chi connectivity index (χ0) is 17.0. The standard InChI is InChI=1S/C17H18O5S/c1-10-7-14(11(2)23-10)15(18)9-22-17(19)13-6-5-12(20-3)8-16(13)21-4/h5-8H,9H2,1-4H3. The van der Waals surface area contributed by atoms with E-state index in [1.165, 1.54) is 14.2 Å². The Kier molecular flexibility index (Phi) is 5.39. The van der Waals surface area contributed by atoms with Crippen LogP contribution in [-0.2, 0) is 4.74 Å². The van der Waals surface area contributed by atoms with Crippen LogP contribution in [0.4, 0.5) is 0 Å². The molecule has 2 aromatic rings. The number of ether oxygens (including phenoxy) is 3. The van der Waals surface area contributed by atoms with Crippen molar-refractivity contribution in [1.29, 1.82) is 0 Å². The predicted molar refractivity (Wildman–Crippen MR) is 88.0 cm³/mol. The molecule has 1 aromatic heterocycles. The molecule has 6 heteroatoms. The lowest BCUT2D eigenvalue weighted by Crippen LogP contribution is -2.15. The number of methoxy groups -OCH3 is 2. The van der Waals surface area contributed by atoms with Gasteiger partial charge in [-0.3, -0.25) is 4.79 Å². The van der Waals surface area contributed by atoms with Gasteiger partial charge in [-0.05, 0) is 32.0 Å². The molecular formula is C17H18O5S. The highest BCUT2D eigenvalue weighted by atomic mass is 32.1. The molecule has 0 N–H and O–H groups in total. The van der Waals surface area contributed by atoms with E-state index in [1.54, 1.807) is 29.5 Å². The second-order valence-corrected chi connectivity index (χ2v) is 6.35. The van der Waals surface area contributed by atoms with E-state index >= 15 is 0 Å². The van der Waals surface area contributed by atoms with E-state index in [1.807, 2.05) is 19.9 Å². The van der Waals surface area contributed by atoms with Gasteiger partial charge in [0.1, 0.15) is 17.1 Å². The average molecular weight is 334 g/mol. The lowest BCUT2D eigenvalue weighted by Gasteiger charge is -2.10. The summed E-state index contributed by atoms with van der Waals surface area (Å²) < 4.78 is 15.4. The number of hydrogen-bond donors (Lipinski definition) is 0. The largest absolute Gasteiger partial charge is 0.497 e. The van der Waals surface area contributed by atoms with Crippen LogP contribution < -0.4 is 9.47 Å². The van der Waals surface area contributed by atoms with Crippen molar-refractivity contribution in [2.75, 3.05) is 20.8 Å². The van der Waals surface area contributed by atoms with E-state index in [2.05, 4.69) is 0 Å². The molecule has 0 unspecified atom stereocenters. The summed E-state index contributed by atoms with van der Waals surface area (Å²) in [6.07, 6.45) is 0. The predicted octanol–water partition coefficient (Wildman–Crippen LogP) is 3.42. The Hall–Kier alpha value is -2.34. The summed E-state index contributed by atoms with van der Waals surface area (Å²) >= 11 is 1.54. The SMILES string of the molecule is COc1ccc(C(=O)OCC(=O)c2cc(C)sc2C)c(OC)c1. The number of thiophene rings is 1. The van der Waals surface area contributed by atoms with Crippen molar-refractivity contribution >= 4 is 23.1 Å². The van der Waals surface area contributed by atoms with Crippen LogP contribution in [0.5, 0.6) is 11.5 Å². The minimum absolute atomic E-state index is 0.215. The van der Waals surface area contributed by atoms with Crippen LogP contribution in [0.3, 0.4) is 0 Å². The van der Waals surface area contributed by atoms with Gasteiger partial charge in [0.05, 0.1) is 14.2 Å². The van der Waals surface area contributed by atoms with Crippen LogP contribution in [-0.4, -0.2) is 32.6 Å². The van der Waals surface area contributed by atoms with Crippen molar-refractivity contribution < 1.29 is 23.8 Å². The van der Waals surface area contributed by atoms with Gasteiger partial charge in [-0.2, -0.15) is 0 Å². The van der Waals surface area contributed by atoms with E-state index in [9.17, 15) is 9.59 Å². The summed E-state index contributed by atoms with van der Waals surface area (Å²) in [4.78, 5) is 26.3. The quantitative estimate of drug-likeness (QED) is 0.598. The molecule has 5 nitrogen and oxygen atoms in total. The van der Waals surface area contributed by atoms with Gasteiger partial charge in [-0.1, -0.05) is 0 Å². The summed E-state index contributed by atoms with van der Waals surface area (Å²) in [6.45, 7) is 3.51. The fourth-order valence-corrected chi connectivity index (χ4v) is 3.10. The lowest BCUT2D eigenvalue weighted by atomic mass is 10.1. The molecule has 122 valence electrons. The van der Waals surface area contributed by atoms with Gasteiger partial charge in [-0.25, -0.2) is 4.79 Å². The number of aryl methyl sites for hydroxylation is 2. The first kappa shape index (κ1) is 17.0. The molecule has 0 bridgehead atoms. The van der Waals surface area contributed by atoms with Crippen molar-refractivity contribution in [3.63, 3.8) is 0 Å². The lowest BCUT2D eigenvalue weighted by molar-refractivity contribution is 0.0471. The van der Waals surface area contributed by atoms with E-state index in [4.69, 9.17) is 14.2 Å². The molecule has 0 saturated heterocycles. The third-order valence-corrected chi connectivity index (χ3v) is 4.27. The maximum absolute atomic E-state index is 12.2. The van der Waals surface area contributed by atoms with Gasteiger partial charge in [0.2, 0.25) is 5.78 Å². The molecule has 2 rings (SSSR count). The fourth-order valence-electron chi connectivity index (χ4n) is 2.16. The maximum atomic E-state index is 12.2. The second kappa shape index (κ2) is 7.28. The van der Waals surface area contributed by atoms with Crippen molar-refractivity contribution in [3.8, 4) is 11.5 Å². The van der Waals surface area contributed by atoms with Crippen LogP contribution in [0.1, 0.15) is 30.5 Å². The highest BCUT2D eigenvalue weighted by Crippen LogP contribution is 2.25. The Balaban J connectivity index is 2.08. The highest BCUT2D eigenvalue weighted by Gasteiger charge is 2.18. The average Bonchev–Trinajstić information content (AvgIpc) is 2.90. The van der Waals surface area contributed by atoms with Crippen molar-refractivity contribution in [3.05, 3.63) is 45.1 Å². The molecule has 0 fully saturated rings. The van der Waals surface area contributed by atoms with Crippen molar-refractivity contribution in [2.45, 2.75) is 13.8 Å². The number of hydrogen-bond acceptors (Lipinski definition) is 6. The molecule has 23 heavy (non-hydrogen) atoms. The maximum Gasteiger partial charge on any atom is 0.342 e. The van der Waals surface area contributed by atoms with Crippen molar-refractivity contribution in [1.82, 2.24) is 0 Å². The highest BCUT2D eigenvalue weighted by molar-refractivity contribution is 7.12. The smallest absolute Gasteiger partial charge is 0.342 e. The second-order valence-electron chi connectivity index (χ2n) is 4.89. The van der Waals surface area contributed by atoms with Crippen LogP contribution in [0.15, 0.2) is 24.3 Å². The number of ketones is 1. The number of benzene rings is 1. The first-order chi connectivity index (χ1) is 11.0. The fraction of sp³-hybridized carbons (Fsp3) is 0.294. The minimum atomic E-state index is -0.609. The summed E-state index contributed by atoms with van der Waals surface area (Å²) in [6, 6.07) is 6.58. The van der Waals surface area contributed by atoms with Gasteiger partial charge >= 0.3 is 5.97 Å². The van der Waals surface area contributed by atoms with Crippen LogP contribution in [0.25, 0.3) is 0 Å². The number of Topliss-reactive ketones (excluding diaryl/α,β-unsaturated/α-hetero) is 1. The van der Waals surface area contributed by atoms with Gasteiger partial charge in [-0.15, -0.1) is 11.3 Å². The van der Waals surface area contributed by atoms with Crippen molar-refractivity contribution in [2.24, 2.45) is 0 Å². The molecular weight excluding hydrogens is 316 g/mol. The molecule has 0 aliphatic heterocycles. The Morgan fingerprint density at radius 2 is 1.78 bits per heavy atom. The summed E-state index contributed by atoms with van der Waals surface area (Å²) in [5.74, 6) is 0.0818. The van der Waals surface area contributed by atoms with Gasteiger partial charge < -0.3 is 14.2 Å². The number of rotatable bonds is 6. The summed E-state index contributed by atoms with van der Waals surface area (Å²) in [5, 5.41) is 0. The minimum Gasteiger partial charge on any atom is -0.497 e. The van der Waals surface area contributed by atoms with E-state index in [0.29, 0.717) is 17.1 Å². The molecule has 0 aliphatic carbocycles. The third kappa shape index (κ3) is 3.90. The zero-order valence-electron chi connectivity index (χ0n) is 13.5. The number of carbonyl (C=O) groups excluding carboxylic acids is 2. The molecule has 0 atom stereocenters. The van der Waals surface area contributed by atoms with E-state index in [0.717, 1.165) is 9.75 Å². The molecule has 0 aliphatic rings. The van der Waals surface area contributed by atoms with E-state index < -0.39 is 5.97 Å². The van der Waals surface area contributed by atoms with Gasteiger partial charge in [0, 0.05) is 21.4 Å². The first-order valence-corrected chi connectivity index (χ1v) is 7.77. The monoisotopic (exact) mass is 334 g/mol. The number of carbonyl (C=O) groups is 2. The summed E-state index contributed by atoms with van der Waals surface area (Å²) in [7, 11) is 2.98. The Morgan fingerprint density at radius 3 is 2.35 bits per heavy atom. The normalized spacial score (nSPS) is 10.3. The van der Waals surface area contributed by atoms with E-state index in [-0.39, 0.29) is 18.0 Å². The van der Waals surface area contributed by atoms with Crippen LogP contribution in [0, 0.1) is 13.8 Å². The molecule has 1 heterocycles. The number of esters is 1. The Morgan fingerprint density at radius 1 is 1.04 bits per heavy atom. The topological polar surface area (TPSA) is 61.8 Å². The Bertz CT molecular complexity index is 733. The van der Waals surface area contributed by atoms with Gasteiger partial charge in [0.15, 0.2) is 6.61 Å². The molecule has 0 radical (unpaired) electrons.